The smallest absolute Gasteiger partial charge is 0.308 e. The maximum Gasteiger partial charge on any atom is 0.308 e. The minimum atomic E-state index is -0.863. The molecule has 1 heterocycles. The summed E-state index contributed by atoms with van der Waals surface area (Å²) >= 11 is 0. The summed E-state index contributed by atoms with van der Waals surface area (Å²) in [5, 5.41) is 11.5. The number of methoxy groups -OCH3 is 1. The van der Waals surface area contributed by atoms with E-state index in [1.165, 1.54) is 7.11 Å². The van der Waals surface area contributed by atoms with Gasteiger partial charge in [0.1, 0.15) is 11.7 Å². The normalized spacial score (nSPS) is 51.6. The molecule has 3 fully saturated rings. The fourth-order valence-electron chi connectivity index (χ4n) is 4.96. The number of epoxide rings is 1. The Hall–Kier alpha value is -0.610. The summed E-state index contributed by atoms with van der Waals surface area (Å²) in [5.41, 5.74) is -1.03. The first-order valence-electron chi connectivity index (χ1n) is 7.82. The van der Waals surface area contributed by atoms with Crippen LogP contribution in [0.2, 0.25) is 0 Å². The largest absolute Gasteiger partial charge is 0.469 e. The third-order valence-electron chi connectivity index (χ3n) is 6.24. The number of ether oxygens (including phenoxy) is 2. The summed E-state index contributed by atoms with van der Waals surface area (Å²) in [6.45, 7) is 6.19. The summed E-state index contributed by atoms with van der Waals surface area (Å²) in [6.07, 6.45) is 3.86. The highest BCUT2D eigenvalue weighted by molar-refractivity contribution is 5.72. The van der Waals surface area contributed by atoms with Gasteiger partial charge in [-0.05, 0) is 44.4 Å². The van der Waals surface area contributed by atoms with Crippen molar-refractivity contribution in [2.75, 3.05) is 7.11 Å². The van der Waals surface area contributed by atoms with Gasteiger partial charge in [-0.15, -0.1) is 0 Å². The molecule has 3 aliphatic rings. The van der Waals surface area contributed by atoms with Crippen molar-refractivity contribution >= 4 is 5.97 Å². The molecule has 2 saturated carbocycles. The molecule has 7 atom stereocenters. The molecule has 20 heavy (non-hydrogen) atoms. The first kappa shape index (κ1) is 14.3. The van der Waals surface area contributed by atoms with Crippen molar-refractivity contribution < 1.29 is 19.4 Å². The highest BCUT2D eigenvalue weighted by atomic mass is 16.6. The highest BCUT2D eigenvalue weighted by Gasteiger charge is 2.72. The molecule has 1 aliphatic heterocycles. The van der Waals surface area contributed by atoms with Gasteiger partial charge < -0.3 is 14.6 Å². The lowest BCUT2D eigenvalue weighted by molar-refractivity contribution is -0.173. The Morgan fingerprint density at radius 3 is 2.75 bits per heavy atom. The number of rotatable bonds is 2. The van der Waals surface area contributed by atoms with Crippen LogP contribution in [-0.4, -0.2) is 35.5 Å². The van der Waals surface area contributed by atoms with Gasteiger partial charge in [0.05, 0.1) is 18.6 Å². The summed E-state index contributed by atoms with van der Waals surface area (Å²) in [7, 11) is 1.42. The molecule has 114 valence electrons. The van der Waals surface area contributed by atoms with Crippen LogP contribution in [0, 0.1) is 23.7 Å². The van der Waals surface area contributed by atoms with Crippen molar-refractivity contribution in [1.82, 2.24) is 0 Å². The molecule has 1 N–H and O–H groups in total. The molecule has 4 heteroatoms. The van der Waals surface area contributed by atoms with E-state index in [-0.39, 0.29) is 35.4 Å². The molecule has 0 aromatic heterocycles. The van der Waals surface area contributed by atoms with Crippen molar-refractivity contribution in [3.05, 3.63) is 0 Å². The number of hydrogen-bond donors (Lipinski definition) is 1. The zero-order valence-electron chi connectivity index (χ0n) is 12.9. The minimum absolute atomic E-state index is 0.0525. The maximum atomic E-state index is 11.9. The number of carbonyl (C=O) groups is 1. The van der Waals surface area contributed by atoms with Gasteiger partial charge >= 0.3 is 5.97 Å². The van der Waals surface area contributed by atoms with E-state index < -0.39 is 5.60 Å². The number of hydrogen-bond acceptors (Lipinski definition) is 4. The number of esters is 1. The lowest BCUT2D eigenvalue weighted by atomic mass is 9.54. The van der Waals surface area contributed by atoms with E-state index in [2.05, 4.69) is 13.8 Å². The fraction of sp³-hybridized carbons (Fsp3) is 0.938. The maximum absolute atomic E-state index is 11.9. The summed E-state index contributed by atoms with van der Waals surface area (Å²) in [5.74, 6) is 0.197. The molecule has 0 radical (unpaired) electrons. The Morgan fingerprint density at radius 1 is 1.40 bits per heavy atom. The Kier molecular flexibility index (Phi) is 3.18. The van der Waals surface area contributed by atoms with Crippen LogP contribution in [0.3, 0.4) is 0 Å². The van der Waals surface area contributed by atoms with E-state index in [1.807, 2.05) is 6.92 Å². The van der Waals surface area contributed by atoms with Gasteiger partial charge in [0.2, 0.25) is 0 Å². The van der Waals surface area contributed by atoms with E-state index in [0.717, 1.165) is 25.7 Å². The molecule has 1 saturated heterocycles. The van der Waals surface area contributed by atoms with Crippen LogP contribution in [0.4, 0.5) is 0 Å². The van der Waals surface area contributed by atoms with E-state index in [4.69, 9.17) is 9.47 Å². The lowest BCUT2D eigenvalue weighted by Crippen LogP contribution is -2.61. The predicted octanol–water partition coefficient (Wildman–Crippen LogP) is 2.14. The van der Waals surface area contributed by atoms with Gasteiger partial charge in [-0.1, -0.05) is 13.8 Å². The van der Waals surface area contributed by atoms with Crippen LogP contribution in [0.5, 0.6) is 0 Å². The molecular formula is C16H26O4. The second-order valence-corrected chi connectivity index (χ2v) is 7.32. The Bertz CT molecular complexity index is 423. The summed E-state index contributed by atoms with van der Waals surface area (Å²) in [4.78, 5) is 11.9. The summed E-state index contributed by atoms with van der Waals surface area (Å²) < 4.78 is 10.8. The second-order valence-electron chi connectivity index (χ2n) is 7.32. The average molecular weight is 282 g/mol. The standard InChI is InChI=1S/C16H26O4/c1-9-5-6-12(10(2)13(17)19-4)16(18)11(9)7-8-15(3)14(16)20-15/h9-12,14,18H,5-8H2,1-4H3/t9-,10-,11+,12+,14-,15-,16-/m1/s1. The second kappa shape index (κ2) is 4.44. The predicted molar refractivity (Wildman–Crippen MR) is 74.0 cm³/mol. The van der Waals surface area contributed by atoms with Crippen molar-refractivity contribution in [1.29, 1.82) is 0 Å². The molecule has 3 rings (SSSR count). The monoisotopic (exact) mass is 282 g/mol. The fourth-order valence-corrected chi connectivity index (χ4v) is 4.96. The van der Waals surface area contributed by atoms with Crippen LogP contribution >= 0.6 is 0 Å². The van der Waals surface area contributed by atoms with Crippen molar-refractivity contribution in [2.45, 2.75) is 63.8 Å². The van der Waals surface area contributed by atoms with Crippen molar-refractivity contribution in [2.24, 2.45) is 23.7 Å². The Morgan fingerprint density at radius 2 is 2.10 bits per heavy atom. The molecule has 0 aromatic rings. The molecule has 2 aliphatic carbocycles. The number of carbonyl (C=O) groups excluding carboxylic acids is 1. The van der Waals surface area contributed by atoms with Gasteiger partial charge in [0.15, 0.2) is 0 Å². The van der Waals surface area contributed by atoms with Crippen LogP contribution in [-0.2, 0) is 14.3 Å². The molecular weight excluding hydrogens is 256 g/mol. The highest BCUT2D eigenvalue weighted by Crippen LogP contribution is 2.62. The zero-order chi connectivity index (χ0) is 14.7. The molecule has 0 spiro atoms. The zero-order valence-corrected chi connectivity index (χ0v) is 12.9. The molecule has 4 nitrogen and oxygen atoms in total. The average Bonchev–Trinajstić information content (AvgIpc) is 3.11. The van der Waals surface area contributed by atoms with Gasteiger partial charge in [-0.3, -0.25) is 4.79 Å². The van der Waals surface area contributed by atoms with Gasteiger partial charge in [0, 0.05) is 5.92 Å². The van der Waals surface area contributed by atoms with Gasteiger partial charge in [-0.25, -0.2) is 0 Å². The van der Waals surface area contributed by atoms with E-state index in [0.29, 0.717) is 5.92 Å². The van der Waals surface area contributed by atoms with E-state index >= 15 is 0 Å². The van der Waals surface area contributed by atoms with E-state index in [1.54, 1.807) is 0 Å². The first-order valence-corrected chi connectivity index (χ1v) is 7.82. The minimum Gasteiger partial charge on any atom is -0.469 e. The quantitative estimate of drug-likeness (QED) is 0.623. The van der Waals surface area contributed by atoms with Crippen LogP contribution in [0.25, 0.3) is 0 Å². The summed E-state index contributed by atoms with van der Waals surface area (Å²) in [6, 6.07) is 0. The molecule has 0 bridgehead atoms. The van der Waals surface area contributed by atoms with Gasteiger partial charge in [0.25, 0.3) is 0 Å². The Balaban J connectivity index is 1.93. The van der Waals surface area contributed by atoms with E-state index in [9.17, 15) is 9.90 Å². The lowest BCUT2D eigenvalue weighted by Gasteiger charge is -2.52. The third-order valence-corrected chi connectivity index (χ3v) is 6.24. The SMILES string of the molecule is COC(=O)[C@H](C)[C@@H]1CC[C@@H](C)[C@@H]2CC[C@@]3(C)O[C@H]3[C@@]21O. The first-order chi connectivity index (χ1) is 9.34. The van der Waals surface area contributed by atoms with Crippen molar-refractivity contribution in [3.8, 4) is 0 Å². The molecule has 0 aromatic carbocycles. The Labute approximate surface area is 120 Å². The van der Waals surface area contributed by atoms with Crippen molar-refractivity contribution in [3.63, 3.8) is 0 Å². The topological polar surface area (TPSA) is 59.1 Å². The number of aliphatic hydroxyl groups is 1. The number of fused-ring (bicyclic) bond motifs is 3. The third kappa shape index (κ3) is 1.77. The van der Waals surface area contributed by atoms with Crippen LogP contribution in [0.1, 0.15) is 46.5 Å². The van der Waals surface area contributed by atoms with Crippen LogP contribution in [0.15, 0.2) is 0 Å². The molecule has 0 amide bonds. The molecule has 0 unspecified atom stereocenters. The van der Waals surface area contributed by atoms with Gasteiger partial charge in [-0.2, -0.15) is 0 Å². The van der Waals surface area contributed by atoms with Crippen LogP contribution < -0.4 is 0 Å².